The molecule has 8 heteroatoms. The number of quaternary nitrogens is 1. The molecule has 0 radical (unpaired) electrons. The Morgan fingerprint density at radius 1 is 1.09 bits per heavy atom. The molecule has 0 aliphatic rings. The Hall–Kier alpha value is -2.81. The minimum absolute atomic E-state index is 0.0771. The van der Waals surface area contributed by atoms with E-state index in [4.69, 9.17) is 4.98 Å². The van der Waals surface area contributed by atoms with Gasteiger partial charge in [0.1, 0.15) is 16.6 Å². The Bertz CT molecular complexity index is 1230. The average Bonchev–Trinajstić information content (AvgIpc) is 3.22. The van der Waals surface area contributed by atoms with Gasteiger partial charge in [-0.05, 0) is 44.7 Å². The zero-order valence-corrected chi connectivity index (χ0v) is 20.7. The van der Waals surface area contributed by atoms with E-state index in [0.29, 0.717) is 18.2 Å². The van der Waals surface area contributed by atoms with Gasteiger partial charge in [0.05, 0.1) is 30.2 Å². The third kappa shape index (κ3) is 6.16. The second-order valence-electron chi connectivity index (χ2n) is 8.20. The zero-order valence-electron chi connectivity index (χ0n) is 19.0. The summed E-state index contributed by atoms with van der Waals surface area (Å²) in [6.07, 6.45) is 0. The normalized spacial score (nSPS) is 12.2. The highest BCUT2D eigenvalue weighted by molar-refractivity contribution is 8.01. The van der Waals surface area contributed by atoms with Crippen molar-refractivity contribution in [3.8, 4) is 0 Å². The summed E-state index contributed by atoms with van der Waals surface area (Å²) in [6, 6.07) is 20.6. The molecular formula is C25H28N5OS2+. The molecule has 0 bridgehead atoms. The summed E-state index contributed by atoms with van der Waals surface area (Å²) in [5.41, 5.74) is 2.74. The minimum Gasteiger partial charge on any atom is -0.346 e. The van der Waals surface area contributed by atoms with Crippen molar-refractivity contribution in [2.24, 2.45) is 0 Å². The highest BCUT2D eigenvalue weighted by atomic mass is 32.2. The van der Waals surface area contributed by atoms with Crippen LogP contribution in [0.2, 0.25) is 0 Å². The van der Waals surface area contributed by atoms with Gasteiger partial charge in [0.2, 0.25) is 0 Å². The molecule has 170 valence electrons. The highest BCUT2D eigenvalue weighted by Crippen LogP contribution is 2.31. The van der Waals surface area contributed by atoms with E-state index in [9.17, 15) is 4.79 Å². The van der Waals surface area contributed by atoms with Gasteiger partial charge in [-0.1, -0.05) is 59.9 Å². The summed E-state index contributed by atoms with van der Waals surface area (Å²) < 4.78 is 0.818. The molecule has 2 heterocycles. The number of aryl methyl sites for hydroxylation is 1. The van der Waals surface area contributed by atoms with E-state index in [1.807, 2.05) is 43.3 Å². The Morgan fingerprint density at radius 3 is 2.58 bits per heavy atom. The lowest BCUT2D eigenvalue weighted by Crippen LogP contribution is -3.14. The van der Waals surface area contributed by atoms with Crippen molar-refractivity contribution in [2.75, 3.05) is 13.1 Å². The lowest BCUT2D eigenvalue weighted by atomic mass is 10.1. The Balaban J connectivity index is 1.47. The van der Waals surface area contributed by atoms with Crippen LogP contribution in [0.3, 0.4) is 0 Å². The fourth-order valence-electron chi connectivity index (χ4n) is 3.67. The van der Waals surface area contributed by atoms with Crippen molar-refractivity contribution >= 4 is 39.9 Å². The third-order valence-corrected chi connectivity index (χ3v) is 7.27. The minimum atomic E-state index is -0.0771. The van der Waals surface area contributed by atoms with Gasteiger partial charge in [-0.25, -0.2) is 4.98 Å². The number of pyridine rings is 1. The average molecular weight is 479 g/mol. The Morgan fingerprint density at radius 2 is 1.85 bits per heavy atom. The largest absolute Gasteiger partial charge is 0.346 e. The SMILES string of the molecule is Cc1nnc(Sc2cc(C(=O)NCC[NH+](Cc3ccccc3)C(C)C)c3ccccc3n2)s1. The maximum Gasteiger partial charge on any atom is 0.252 e. The number of hydrogen-bond donors (Lipinski definition) is 2. The van der Waals surface area contributed by atoms with Crippen LogP contribution in [-0.2, 0) is 6.54 Å². The maximum atomic E-state index is 13.2. The molecule has 4 aromatic rings. The van der Waals surface area contributed by atoms with Crippen LogP contribution in [0.1, 0.15) is 34.8 Å². The standard InChI is InChI=1S/C25H27N5OS2/c1-17(2)30(16-19-9-5-4-6-10-19)14-13-26-24(31)21-15-23(33-25-29-28-18(3)32-25)27-22-12-8-7-11-20(21)22/h4-12,15,17H,13-14,16H2,1-3H3,(H,26,31)/p+1. The number of rotatable bonds is 9. The van der Waals surface area contributed by atoms with Crippen LogP contribution in [0.15, 0.2) is 70.0 Å². The van der Waals surface area contributed by atoms with Crippen molar-refractivity contribution < 1.29 is 9.69 Å². The maximum absolute atomic E-state index is 13.2. The number of benzene rings is 2. The Kier molecular flexibility index (Phi) is 7.69. The number of amides is 1. The first-order chi connectivity index (χ1) is 16.0. The first kappa shape index (κ1) is 23.4. The van der Waals surface area contributed by atoms with Crippen molar-refractivity contribution in [3.63, 3.8) is 0 Å². The van der Waals surface area contributed by atoms with Gasteiger partial charge in [-0.3, -0.25) is 4.79 Å². The first-order valence-corrected chi connectivity index (χ1v) is 12.7. The van der Waals surface area contributed by atoms with Crippen LogP contribution in [0.4, 0.5) is 0 Å². The number of carbonyl (C=O) groups excluding carboxylic acids is 1. The molecule has 0 saturated carbocycles. The quantitative estimate of drug-likeness (QED) is 0.383. The number of hydrogen-bond acceptors (Lipinski definition) is 6. The molecule has 33 heavy (non-hydrogen) atoms. The van der Waals surface area contributed by atoms with E-state index < -0.39 is 0 Å². The van der Waals surface area contributed by atoms with Gasteiger partial charge < -0.3 is 10.2 Å². The molecule has 2 aromatic carbocycles. The summed E-state index contributed by atoms with van der Waals surface area (Å²) in [6.45, 7) is 8.76. The monoisotopic (exact) mass is 478 g/mol. The number of aromatic nitrogens is 3. The molecule has 1 atom stereocenters. The summed E-state index contributed by atoms with van der Waals surface area (Å²) in [5, 5.41) is 13.9. The predicted molar refractivity (Wildman–Crippen MR) is 134 cm³/mol. The molecule has 0 aliphatic heterocycles. The molecule has 0 aliphatic carbocycles. The van der Waals surface area contributed by atoms with Crippen LogP contribution in [0.5, 0.6) is 0 Å². The number of nitrogens with one attached hydrogen (secondary N) is 2. The summed E-state index contributed by atoms with van der Waals surface area (Å²) in [7, 11) is 0. The number of fused-ring (bicyclic) bond motifs is 1. The van der Waals surface area contributed by atoms with E-state index in [2.05, 4.69) is 53.6 Å². The van der Waals surface area contributed by atoms with Crippen molar-refractivity contribution in [2.45, 2.75) is 42.7 Å². The van der Waals surface area contributed by atoms with E-state index in [-0.39, 0.29) is 5.91 Å². The van der Waals surface area contributed by atoms with Crippen LogP contribution < -0.4 is 10.2 Å². The lowest BCUT2D eigenvalue weighted by molar-refractivity contribution is -0.933. The highest BCUT2D eigenvalue weighted by Gasteiger charge is 2.17. The first-order valence-electron chi connectivity index (χ1n) is 11.0. The summed E-state index contributed by atoms with van der Waals surface area (Å²) in [5.74, 6) is -0.0771. The molecule has 1 amide bonds. The van der Waals surface area contributed by atoms with Gasteiger partial charge in [0.25, 0.3) is 5.91 Å². The van der Waals surface area contributed by atoms with E-state index in [1.54, 1.807) is 0 Å². The molecular weight excluding hydrogens is 450 g/mol. The number of nitrogens with zero attached hydrogens (tertiary/aromatic N) is 3. The second kappa shape index (κ2) is 10.9. The smallest absolute Gasteiger partial charge is 0.252 e. The Labute approximate surface area is 202 Å². The summed E-state index contributed by atoms with van der Waals surface area (Å²) >= 11 is 2.96. The lowest BCUT2D eigenvalue weighted by Gasteiger charge is -2.24. The van der Waals surface area contributed by atoms with Crippen LogP contribution >= 0.6 is 23.1 Å². The molecule has 0 fully saturated rings. The number of para-hydroxylation sites is 1. The van der Waals surface area contributed by atoms with E-state index >= 15 is 0 Å². The van der Waals surface area contributed by atoms with Crippen molar-refractivity contribution in [1.82, 2.24) is 20.5 Å². The molecule has 4 rings (SSSR count). The number of carbonyl (C=O) groups is 1. The molecule has 2 aromatic heterocycles. The fraction of sp³-hybridized carbons (Fsp3) is 0.280. The molecule has 0 spiro atoms. The second-order valence-corrected chi connectivity index (χ2v) is 10.6. The molecule has 6 nitrogen and oxygen atoms in total. The van der Waals surface area contributed by atoms with Crippen LogP contribution in [0.25, 0.3) is 10.9 Å². The molecule has 0 saturated heterocycles. The molecule has 1 unspecified atom stereocenters. The van der Waals surface area contributed by atoms with Crippen molar-refractivity contribution in [3.05, 3.63) is 76.8 Å². The molecule has 2 N–H and O–H groups in total. The van der Waals surface area contributed by atoms with Gasteiger partial charge >= 0.3 is 0 Å². The zero-order chi connectivity index (χ0) is 23.2. The predicted octanol–water partition coefficient (Wildman–Crippen LogP) is 3.77. The van der Waals surface area contributed by atoms with Crippen LogP contribution in [0, 0.1) is 6.92 Å². The summed E-state index contributed by atoms with van der Waals surface area (Å²) in [4.78, 5) is 19.3. The van der Waals surface area contributed by atoms with Gasteiger partial charge in [-0.15, -0.1) is 10.2 Å². The van der Waals surface area contributed by atoms with E-state index in [1.165, 1.54) is 33.6 Å². The fourth-order valence-corrected chi connectivity index (χ4v) is 5.45. The van der Waals surface area contributed by atoms with E-state index in [0.717, 1.165) is 38.4 Å². The van der Waals surface area contributed by atoms with Crippen molar-refractivity contribution in [1.29, 1.82) is 0 Å². The van der Waals surface area contributed by atoms with Gasteiger partial charge in [0, 0.05) is 10.9 Å². The van der Waals surface area contributed by atoms with Crippen LogP contribution in [-0.4, -0.2) is 40.2 Å². The topological polar surface area (TPSA) is 72.2 Å². The van der Waals surface area contributed by atoms with Gasteiger partial charge in [-0.2, -0.15) is 0 Å². The van der Waals surface area contributed by atoms with Gasteiger partial charge in [0.15, 0.2) is 4.34 Å². The third-order valence-electron chi connectivity index (χ3n) is 5.46.